The molecule has 0 aromatic heterocycles. The zero-order valence-electron chi connectivity index (χ0n) is 12.6. The van der Waals surface area contributed by atoms with Gasteiger partial charge in [0.2, 0.25) is 0 Å². The van der Waals surface area contributed by atoms with Gasteiger partial charge < -0.3 is 4.55 Å². The van der Waals surface area contributed by atoms with E-state index >= 15 is 0 Å². The van der Waals surface area contributed by atoms with E-state index in [0.29, 0.717) is 0 Å². The Kier molecular flexibility index (Phi) is 6.44. The summed E-state index contributed by atoms with van der Waals surface area (Å²) in [4.78, 5) is 21.4. The molecule has 0 N–H and O–H groups in total. The minimum atomic E-state index is -8.29. The number of hydrogen-bond donors (Lipinski definition) is 0. The quantitative estimate of drug-likeness (QED) is 0.392. The van der Waals surface area contributed by atoms with E-state index in [2.05, 4.69) is 0 Å². The Morgan fingerprint density at radius 3 is 1.10 bits per heavy atom. The van der Waals surface area contributed by atoms with Gasteiger partial charge in [0.05, 0.1) is 0 Å². The fourth-order valence-electron chi connectivity index (χ4n) is 1.44. The maximum Gasteiger partial charge on any atom is 0.461 e. The molecule has 178 valence electrons. The van der Waals surface area contributed by atoms with Gasteiger partial charge >= 0.3 is 41.0 Å². The highest BCUT2D eigenvalue weighted by Crippen LogP contribution is 2.54. The van der Waals surface area contributed by atoms with Gasteiger partial charge in [-0.2, -0.15) is 61.5 Å². The van der Waals surface area contributed by atoms with Crippen LogP contribution in [0.25, 0.3) is 0 Å². The van der Waals surface area contributed by atoms with E-state index < -0.39 is 62.7 Å². The number of rotatable bonds is 7. The molecule has 0 fully saturated rings. The number of Topliss-reactive ketones (excluding diaryl/α,β-unsaturated/α-hetero) is 2. The molecule has 30 heavy (non-hydrogen) atoms. The minimum Gasteiger partial charge on any atom is -0.743 e. The highest BCUT2D eigenvalue weighted by molar-refractivity contribution is 7.86. The van der Waals surface area contributed by atoms with Crippen LogP contribution in [0.3, 0.4) is 0 Å². The summed E-state index contributed by atoms with van der Waals surface area (Å²) in [6.45, 7) is 0. The van der Waals surface area contributed by atoms with Gasteiger partial charge in [-0.3, -0.25) is 9.59 Å². The summed E-state index contributed by atoms with van der Waals surface area (Å²) in [5, 5.41) is -7.66. The van der Waals surface area contributed by atoms with Crippen molar-refractivity contribution in [3.05, 3.63) is 0 Å². The van der Waals surface area contributed by atoms with Crippen molar-refractivity contribution in [2.24, 2.45) is 0 Å². The first-order valence-corrected chi connectivity index (χ1v) is 7.36. The lowest BCUT2D eigenvalue weighted by Gasteiger charge is -2.37. The van der Waals surface area contributed by atoms with Gasteiger partial charge in [-0.25, -0.2) is 12.8 Å². The second kappa shape index (κ2) is 6.85. The Balaban J connectivity index is 7.10. The fourth-order valence-corrected chi connectivity index (χ4v) is 1.84. The summed E-state index contributed by atoms with van der Waals surface area (Å²) in [6, 6.07) is 0. The zero-order valence-corrected chi connectivity index (χ0v) is 13.4. The molecule has 21 heteroatoms. The van der Waals surface area contributed by atoms with E-state index in [0.717, 1.165) is 0 Å². The van der Waals surface area contributed by atoms with Gasteiger partial charge in [0, 0.05) is 0 Å². The minimum absolute atomic E-state index is 5.53. The lowest BCUT2D eigenvalue weighted by Crippen LogP contribution is -2.72. The van der Waals surface area contributed by atoms with Crippen LogP contribution in [0.2, 0.25) is 0 Å². The summed E-state index contributed by atoms with van der Waals surface area (Å²) in [5.74, 6) is -35.1. The van der Waals surface area contributed by atoms with E-state index in [-0.39, 0.29) is 0 Å². The SMILES string of the molecule is O=C(C(F)(F)C(F)(F)F)C(F)(F)C(F)(C(=O)C(F)(F)C(F)(F)S(=O)(=O)[O-])C(F)(F)F. The summed E-state index contributed by atoms with van der Waals surface area (Å²) in [7, 11) is -7.97. The number of alkyl halides is 15. The van der Waals surface area contributed by atoms with Crippen molar-refractivity contribution in [3.8, 4) is 0 Å². The van der Waals surface area contributed by atoms with Gasteiger partial charge in [-0.15, -0.1) is 0 Å². The largest absolute Gasteiger partial charge is 0.743 e. The van der Waals surface area contributed by atoms with Crippen LogP contribution in [0.1, 0.15) is 0 Å². The summed E-state index contributed by atoms with van der Waals surface area (Å²) >= 11 is 0. The molecule has 1 atom stereocenters. The summed E-state index contributed by atoms with van der Waals surface area (Å²) in [6.07, 6.45) is -15.6. The molecule has 0 saturated heterocycles. The maximum atomic E-state index is 13.8. The van der Waals surface area contributed by atoms with E-state index in [1.165, 1.54) is 0 Å². The smallest absolute Gasteiger partial charge is 0.461 e. The number of carbonyl (C=O) groups is 2. The van der Waals surface area contributed by atoms with Crippen molar-refractivity contribution in [1.82, 2.24) is 0 Å². The van der Waals surface area contributed by atoms with Crippen LogP contribution in [0.15, 0.2) is 0 Å². The van der Waals surface area contributed by atoms with E-state index in [1.54, 1.807) is 0 Å². The molecule has 0 rings (SSSR count). The molecular weight excluding hydrogens is 505 g/mol. The average molecular weight is 505 g/mol. The van der Waals surface area contributed by atoms with Crippen molar-refractivity contribution >= 4 is 21.7 Å². The normalized spacial score (nSPS) is 17.5. The number of halogens is 15. The van der Waals surface area contributed by atoms with Crippen molar-refractivity contribution in [1.29, 1.82) is 0 Å². The van der Waals surface area contributed by atoms with Crippen molar-refractivity contribution in [2.45, 2.75) is 41.0 Å². The van der Waals surface area contributed by atoms with Crippen LogP contribution < -0.4 is 0 Å². The number of carbonyl (C=O) groups excluding carboxylic acids is 2. The number of ketones is 2. The Bertz CT molecular complexity index is 822. The highest BCUT2D eigenvalue weighted by Gasteiger charge is 2.88. The topological polar surface area (TPSA) is 91.3 Å². The third kappa shape index (κ3) is 3.68. The van der Waals surface area contributed by atoms with Crippen molar-refractivity contribution < 1.29 is 88.4 Å². The van der Waals surface area contributed by atoms with Crippen LogP contribution in [-0.2, 0) is 19.7 Å². The molecule has 5 nitrogen and oxygen atoms in total. The molecule has 0 saturated carbocycles. The molecule has 0 spiro atoms. The first-order valence-electron chi connectivity index (χ1n) is 5.95. The Morgan fingerprint density at radius 1 is 0.533 bits per heavy atom. The molecule has 0 aliphatic carbocycles. The van der Waals surface area contributed by atoms with Crippen LogP contribution in [0.4, 0.5) is 65.9 Å². The monoisotopic (exact) mass is 505 g/mol. The highest BCUT2D eigenvalue weighted by atomic mass is 32.2. The average Bonchev–Trinajstić information content (AvgIpc) is 2.48. The van der Waals surface area contributed by atoms with Gasteiger partial charge in [0.15, 0.2) is 10.1 Å². The molecule has 0 bridgehead atoms. The van der Waals surface area contributed by atoms with Gasteiger partial charge in [-0.05, 0) is 0 Å². The molecule has 0 heterocycles. The molecule has 1 unspecified atom stereocenters. The second-order valence-corrected chi connectivity index (χ2v) is 6.43. The molecule has 0 radical (unpaired) electrons. The maximum absolute atomic E-state index is 13.8. The molecule has 0 aliphatic heterocycles. The third-order valence-corrected chi connectivity index (χ3v) is 3.91. The van der Waals surface area contributed by atoms with Crippen LogP contribution in [-0.4, -0.2) is 65.6 Å². The lowest BCUT2D eigenvalue weighted by molar-refractivity contribution is -0.311. The van der Waals surface area contributed by atoms with Crippen molar-refractivity contribution in [2.75, 3.05) is 0 Å². The Hall–Kier alpha value is -1.80. The Morgan fingerprint density at radius 2 is 0.867 bits per heavy atom. The van der Waals surface area contributed by atoms with Crippen LogP contribution in [0, 0.1) is 0 Å². The molecule has 0 amide bonds. The standard InChI is InChI=1S/C9HF15O5S/c10-3(7(17,18)19,1(25)6(15,16)9(23,24)30(27,28)29)4(11,12)2(26)5(13,14)8(20,21)22/h(H,27,28,29)/p-1. The first kappa shape index (κ1) is 28.2. The van der Waals surface area contributed by atoms with Gasteiger partial charge in [0.1, 0.15) is 0 Å². The van der Waals surface area contributed by atoms with Gasteiger partial charge in [0.25, 0.3) is 11.6 Å². The second-order valence-electron chi connectivity index (χ2n) is 5.01. The molecule has 0 aromatic rings. The van der Waals surface area contributed by atoms with Crippen molar-refractivity contribution in [3.63, 3.8) is 0 Å². The predicted molar refractivity (Wildman–Crippen MR) is 55.4 cm³/mol. The third-order valence-electron chi connectivity index (χ3n) is 3.03. The van der Waals surface area contributed by atoms with E-state index in [4.69, 9.17) is 0 Å². The number of hydrogen-bond acceptors (Lipinski definition) is 5. The zero-order chi connectivity index (χ0) is 25.2. The lowest BCUT2D eigenvalue weighted by atomic mass is 9.84. The molecule has 0 aromatic carbocycles. The van der Waals surface area contributed by atoms with Crippen LogP contribution in [0.5, 0.6) is 0 Å². The summed E-state index contributed by atoms with van der Waals surface area (Å²) < 4.78 is 221. The van der Waals surface area contributed by atoms with Gasteiger partial charge in [-0.1, -0.05) is 0 Å². The predicted octanol–water partition coefficient (Wildman–Crippen LogP) is 3.00. The molecule has 0 aliphatic rings. The van der Waals surface area contributed by atoms with Crippen LogP contribution >= 0.6 is 0 Å². The van der Waals surface area contributed by atoms with E-state index in [9.17, 15) is 88.4 Å². The van der Waals surface area contributed by atoms with E-state index in [1.807, 2.05) is 0 Å². The fraction of sp³-hybridized carbons (Fsp3) is 0.778. The first-order chi connectivity index (χ1) is 12.6. The Labute approximate surface area is 152 Å². The summed E-state index contributed by atoms with van der Waals surface area (Å²) in [5.41, 5.74) is -8.29. The molecular formula is C9F15O5S-.